The predicted octanol–water partition coefficient (Wildman–Crippen LogP) is 4.19. The van der Waals surface area contributed by atoms with Crippen LogP contribution in [0.15, 0.2) is 23.1 Å². The molecule has 2 rings (SSSR count). The van der Waals surface area contributed by atoms with Crippen LogP contribution in [0, 0.1) is 13.8 Å². The molecule has 2 nitrogen and oxygen atoms in total. The lowest BCUT2D eigenvalue weighted by atomic mass is 9.98. The molecule has 0 radical (unpaired) electrons. The Morgan fingerprint density at radius 3 is 2.55 bits per heavy atom. The van der Waals surface area contributed by atoms with E-state index < -0.39 is 0 Å². The van der Waals surface area contributed by atoms with E-state index >= 15 is 0 Å². The zero-order valence-electron chi connectivity index (χ0n) is 13.0. The number of carbonyl (C=O) groups is 1. The molecule has 2 atom stereocenters. The molecule has 1 aromatic rings. The van der Waals surface area contributed by atoms with Gasteiger partial charge in [-0.15, -0.1) is 11.8 Å². The fourth-order valence-corrected chi connectivity index (χ4v) is 3.98. The minimum absolute atomic E-state index is 0.288. The molecule has 20 heavy (non-hydrogen) atoms. The van der Waals surface area contributed by atoms with Crippen molar-refractivity contribution in [3.8, 4) is 0 Å². The Balaban J connectivity index is 1.99. The van der Waals surface area contributed by atoms with E-state index in [2.05, 4.69) is 50.8 Å². The zero-order chi connectivity index (χ0) is 14.7. The highest BCUT2D eigenvalue weighted by atomic mass is 32.2. The second kappa shape index (κ2) is 6.66. The van der Waals surface area contributed by atoms with Gasteiger partial charge < -0.3 is 4.90 Å². The standard InChI is InChI=1S/C17H25NOS/c1-12-8-9-13(2)16(10-12)20-11-17(19)18-14(3)6-5-7-15(18)4/h8-10,14-15H,5-7,11H2,1-4H3. The van der Waals surface area contributed by atoms with Gasteiger partial charge in [-0.2, -0.15) is 0 Å². The largest absolute Gasteiger partial charge is 0.337 e. The van der Waals surface area contributed by atoms with Crippen molar-refractivity contribution < 1.29 is 4.79 Å². The van der Waals surface area contributed by atoms with Gasteiger partial charge in [0.15, 0.2) is 0 Å². The first-order valence-electron chi connectivity index (χ1n) is 7.50. The SMILES string of the molecule is Cc1ccc(C)c(SCC(=O)N2C(C)CCCC2C)c1. The van der Waals surface area contributed by atoms with Crippen LogP contribution in [0.4, 0.5) is 0 Å². The van der Waals surface area contributed by atoms with Gasteiger partial charge in [0.05, 0.1) is 5.75 Å². The number of piperidine rings is 1. The van der Waals surface area contributed by atoms with Crippen LogP contribution in [0.2, 0.25) is 0 Å². The number of nitrogens with zero attached hydrogens (tertiary/aromatic N) is 1. The van der Waals surface area contributed by atoms with Gasteiger partial charge in [-0.25, -0.2) is 0 Å². The van der Waals surface area contributed by atoms with Crippen LogP contribution in [0.25, 0.3) is 0 Å². The van der Waals surface area contributed by atoms with Crippen molar-refractivity contribution in [1.29, 1.82) is 0 Å². The second-order valence-corrected chi connectivity index (χ2v) is 7.00. The number of carbonyl (C=O) groups excluding carboxylic acids is 1. The molecule has 1 saturated heterocycles. The number of amides is 1. The summed E-state index contributed by atoms with van der Waals surface area (Å²) in [6.45, 7) is 8.56. The van der Waals surface area contributed by atoms with Crippen LogP contribution in [-0.2, 0) is 4.79 Å². The van der Waals surface area contributed by atoms with Gasteiger partial charge in [0.25, 0.3) is 0 Å². The maximum absolute atomic E-state index is 12.5. The summed E-state index contributed by atoms with van der Waals surface area (Å²) in [6, 6.07) is 7.22. The van der Waals surface area contributed by atoms with Gasteiger partial charge >= 0.3 is 0 Å². The minimum atomic E-state index is 0.288. The smallest absolute Gasteiger partial charge is 0.233 e. The molecular formula is C17H25NOS. The molecule has 0 aromatic heterocycles. The highest BCUT2D eigenvalue weighted by Gasteiger charge is 2.28. The van der Waals surface area contributed by atoms with E-state index in [4.69, 9.17) is 0 Å². The third kappa shape index (κ3) is 3.57. The van der Waals surface area contributed by atoms with Crippen molar-refractivity contribution in [3.05, 3.63) is 29.3 Å². The molecule has 1 amide bonds. The van der Waals surface area contributed by atoms with Crippen LogP contribution in [0.5, 0.6) is 0 Å². The quantitative estimate of drug-likeness (QED) is 0.778. The van der Waals surface area contributed by atoms with E-state index in [1.807, 2.05) is 0 Å². The van der Waals surface area contributed by atoms with E-state index in [0.717, 1.165) is 12.8 Å². The topological polar surface area (TPSA) is 20.3 Å². The van der Waals surface area contributed by atoms with Crippen molar-refractivity contribution in [1.82, 2.24) is 4.90 Å². The Bertz CT molecular complexity index is 476. The number of aryl methyl sites for hydroxylation is 2. The predicted molar refractivity (Wildman–Crippen MR) is 86.3 cm³/mol. The Labute approximate surface area is 126 Å². The zero-order valence-corrected chi connectivity index (χ0v) is 13.8. The number of hydrogen-bond acceptors (Lipinski definition) is 2. The lowest BCUT2D eigenvalue weighted by Crippen LogP contribution is -2.48. The third-order valence-electron chi connectivity index (χ3n) is 4.18. The maximum atomic E-state index is 12.5. The number of benzene rings is 1. The highest BCUT2D eigenvalue weighted by molar-refractivity contribution is 8.00. The normalized spacial score (nSPS) is 22.9. The van der Waals surface area contributed by atoms with Crippen LogP contribution in [0.1, 0.15) is 44.2 Å². The molecule has 2 unspecified atom stereocenters. The van der Waals surface area contributed by atoms with Crippen LogP contribution >= 0.6 is 11.8 Å². The molecule has 1 fully saturated rings. The van der Waals surface area contributed by atoms with Gasteiger partial charge in [0.1, 0.15) is 0 Å². The van der Waals surface area contributed by atoms with Gasteiger partial charge in [0, 0.05) is 17.0 Å². The van der Waals surface area contributed by atoms with Crippen molar-refractivity contribution in [2.45, 2.75) is 63.9 Å². The van der Waals surface area contributed by atoms with Crippen LogP contribution in [-0.4, -0.2) is 28.6 Å². The monoisotopic (exact) mass is 291 g/mol. The highest BCUT2D eigenvalue weighted by Crippen LogP contribution is 2.27. The van der Waals surface area contributed by atoms with Crippen LogP contribution in [0.3, 0.4) is 0 Å². The number of hydrogen-bond donors (Lipinski definition) is 0. The molecular weight excluding hydrogens is 266 g/mol. The number of likely N-dealkylation sites (tertiary alicyclic amines) is 1. The summed E-state index contributed by atoms with van der Waals surface area (Å²) in [7, 11) is 0. The summed E-state index contributed by atoms with van der Waals surface area (Å²) < 4.78 is 0. The lowest BCUT2D eigenvalue weighted by Gasteiger charge is -2.39. The van der Waals surface area contributed by atoms with Gasteiger partial charge in [0.2, 0.25) is 5.91 Å². The molecule has 1 aliphatic rings. The maximum Gasteiger partial charge on any atom is 0.233 e. The van der Waals surface area contributed by atoms with E-state index in [-0.39, 0.29) is 5.91 Å². The summed E-state index contributed by atoms with van der Waals surface area (Å²) in [5, 5.41) is 0. The summed E-state index contributed by atoms with van der Waals surface area (Å²) in [5.74, 6) is 0.842. The second-order valence-electron chi connectivity index (χ2n) is 5.99. The Hall–Kier alpha value is -0.960. The third-order valence-corrected chi connectivity index (χ3v) is 5.32. The average Bonchev–Trinajstić information content (AvgIpc) is 2.39. The first-order chi connectivity index (χ1) is 9.49. The fraction of sp³-hybridized carbons (Fsp3) is 0.588. The molecule has 110 valence electrons. The van der Waals surface area contributed by atoms with Crippen molar-refractivity contribution in [2.75, 3.05) is 5.75 Å². The molecule has 0 saturated carbocycles. The molecule has 1 heterocycles. The van der Waals surface area contributed by atoms with E-state index in [0.29, 0.717) is 17.8 Å². The Kier molecular flexibility index (Phi) is 5.14. The van der Waals surface area contributed by atoms with E-state index in [9.17, 15) is 4.79 Å². The van der Waals surface area contributed by atoms with E-state index in [1.54, 1.807) is 11.8 Å². The molecule has 3 heteroatoms. The lowest BCUT2D eigenvalue weighted by molar-refractivity contribution is -0.134. The summed E-state index contributed by atoms with van der Waals surface area (Å²) in [6.07, 6.45) is 3.53. The number of thioether (sulfide) groups is 1. The van der Waals surface area contributed by atoms with Crippen molar-refractivity contribution in [3.63, 3.8) is 0 Å². The molecule has 0 N–H and O–H groups in total. The van der Waals surface area contributed by atoms with Crippen molar-refractivity contribution in [2.24, 2.45) is 0 Å². The minimum Gasteiger partial charge on any atom is -0.337 e. The van der Waals surface area contributed by atoms with Gasteiger partial charge in [-0.05, 0) is 58.6 Å². The summed E-state index contributed by atoms with van der Waals surface area (Å²) in [4.78, 5) is 15.8. The van der Waals surface area contributed by atoms with Gasteiger partial charge in [-0.1, -0.05) is 17.7 Å². The van der Waals surface area contributed by atoms with E-state index in [1.165, 1.54) is 22.4 Å². The van der Waals surface area contributed by atoms with Crippen LogP contribution < -0.4 is 0 Å². The van der Waals surface area contributed by atoms with Crippen molar-refractivity contribution >= 4 is 17.7 Å². The Morgan fingerprint density at radius 2 is 1.90 bits per heavy atom. The summed E-state index contributed by atoms with van der Waals surface area (Å²) in [5.41, 5.74) is 2.51. The fourth-order valence-electron chi connectivity index (χ4n) is 2.99. The van der Waals surface area contributed by atoms with Gasteiger partial charge in [-0.3, -0.25) is 4.79 Å². The number of rotatable bonds is 3. The first kappa shape index (κ1) is 15.4. The summed E-state index contributed by atoms with van der Waals surface area (Å²) >= 11 is 1.68. The average molecular weight is 291 g/mol. The molecule has 0 spiro atoms. The Morgan fingerprint density at radius 1 is 1.25 bits per heavy atom. The molecule has 0 aliphatic carbocycles. The first-order valence-corrected chi connectivity index (χ1v) is 8.49. The molecule has 1 aliphatic heterocycles. The molecule has 0 bridgehead atoms. The molecule has 1 aromatic carbocycles.